The highest BCUT2D eigenvalue weighted by Gasteiger charge is 2.18. The van der Waals surface area contributed by atoms with Gasteiger partial charge in [-0.15, -0.1) is 0 Å². The summed E-state index contributed by atoms with van der Waals surface area (Å²) in [4.78, 5) is 24.8. The molecule has 2 rings (SSSR count). The Balaban J connectivity index is 1.75. The Morgan fingerprint density at radius 1 is 1.37 bits per heavy atom. The van der Waals surface area contributed by atoms with Crippen LogP contribution in [0, 0.1) is 6.92 Å². The van der Waals surface area contributed by atoms with Crippen LogP contribution in [0.15, 0.2) is 22.6 Å². The number of rotatable bonds is 4. The fourth-order valence-corrected chi connectivity index (χ4v) is 1.93. The lowest BCUT2D eigenvalue weighted by Crippen LogP contribution is -2.31. The molecule has 1 fully saturated rings. The van der Waals surface area contributed by atoms with Gasteiger partial charge in [-0.3, -0.25) is 4.79 Å². The van der Waals surface area contributed by atoms with Crippen LogP contribution in [0.5, 0.6) is 0 Å². The molecule has 0 bridgehead atoms. The van der Waals surface area contributed by atoms with Gasteiger partial charge in [0.05, 0.1) is 0 Å². The summed E-state index contributed by atoms with van der Waals surface area (Å²) in [6.07, 6.45) is 4.83. The average Bonchev–Trinajstić information content (AvgIpc) is 3.04. The third-order valence-electron chi connectivity index (χ3n) is 2.94. The van der Waals surface area contributed by atoms with Crippen molar-refractivity contribution in [2.45, 2.75) is 19.8 Å². The first kappa shape index (κ1) is 13.4. The minimum absolute atomic E-state index is 0.131. The van der Waals surface area contributed by atoms with Crippen LogP contribution >= 0.6 is 0 Å². The van der Waals surface area contributed by atoms with Gasteiger partial charge in [-0.05, 0) is 38.0 Å². The summed E-state index contributed by atoms with van der Waals surface area (Å²) in [6.45, 7) is 3.15. The van der Waals surface area contributed by atoms with Gasteiger partial charge in [-0.25, -0.2) is 4.79 Å². The van der Waals surface area contributed by atoms with Gasteiger partial charge < -0.3 is 14.1 Å². The van der Waals surface area contributed by atoms with Gasteiger partial charge in [0, 0.05) is 19.2 Å². The van der Waals surface area contributed by atoms with Crippen LogP contribution < -0.4 is 0 Å². The average molecular weight is 263 g/mol. The molecule has 102 valence electrons. The largest absolute Gasteiger partial charge is 0.462 e. The van der Waals surface area contributed by atoms with Crippen LogP contribution in [0.25, 0.3) is 6.08 Å². The molecule has 0 N–H and O–H groups in total. The van der Waals surface area contributed by atoms with Gasteiger partial charge in [-0.1, -0.05) is 0 Å². The molecule has 1 aliphatic heterocycles. The summed E-state index contributed by atoms with van der Waals surface area (Å²) in [7, 11) is 0. The molecule has 0 aromatic carbocycles. The second kappa shape index (κ2) is 6.22. The zero-order valence-corrected chi connectivity index (χ0v) is 10.9. The molecule has 0 radical (unpaired) electrons. The third-order valence-corrected chi connectivity index (χ3v) is 2.94. The maximum atomic E-state index is 11.6. The first-order valence-electron chi connectivity index (χ1n) is 6.34. The van der Waals surface area contributed by atoms with Gasteiger partial charge in [0.1, 0.15) is 11.5 Å². The zero-order valence-electron chi connectivity index (χ0n) is 10.9. The minimum atomic E-state index is -0.540. The molecule has 0 aliphatic carbocycles. The number of carbonyl (C=O) groups excluding carboxylic acids is 2. The van der Waals surface area contributed by atoms with Crippen LogP contribution in [0.2, 0.25) is 0 Å². The second-order valence-corrected chi connectivity index (χ2v) is 4.48. The van der Waals surface area contributed by atoms with Crippen LogP contribution in [-0.4, -0.2) is 36.5 Å². The number of amides is 1. The smallest absolute Gasteiger partial charge is 0.331 e. The highest BCUT2D eigenvalue weighted by Crippen LogP contribution is 2.09. The predicted molar refractivity (Wildman–Crippen MR) is 69.3 cm³/mol. The second-order valence-electron chi connectivity index (χ2n) is 4.48. The maximum absolute atomic E-state index is 11.6. The molecule has 0 spiro atoms. The van der Waals surface area contributed by atoms with Gasteiger partial charge in [0.15, 0.2) is 6.61 Å². The lowest BCUT2D eigenvalue weighted by molar-refractivity contribution is -0.147. The molecule has 0 atom stereocenters. The van der Waals surface area contributed by atoms with Crippen molar-refractivity contribution in [3.63, 3.8) is 0 Å². The SMILES string of the molecule is Cc1ccc(C=CC(=O)OCC(=O)N2CCCC2)o1. The first-order chi connectivity index (χ1) is 9.15. The van der Waals surface area contributed by atoms with E-state index in [2.05, 4.69) is 0 Å². The standard InChI is InChI=1S/C14H17NO4/c1-11-4-5-12(19-11)6-7-14(17)18-10-13(16)15-8-2-3-9-15/h4-7H,2-3,8-10H2,1H3. The van der Waals surface area contributed by atoms with E-state index >= 15 is 0 Å². The number of likely N-dealkylation sites (tertiary alicyclic amines) is 1. The van der Waals surface area contributed by atoms with Crippen LogP contribution in [0.3, 0.4) is 0 Å². The number of furan rings is 1. The van der Waals surface area contributed by atoms with E-state index in [1.807, 2.05) is 13.0 Å². The molecule has 19 heavy (non-hydrogen) atoms. The molecule has 5 heteroatoms. The van der Waals surface area contributed by atoms with E-state index in [-0.39, 0.29) is 12.5 Å². The highest BCUT2D eigenvalue weighted by atomic mass is 16.5. The van der Waals surface area contributed by atoms with E-state index in [1.165, 1.54) is 12.2 Å². The Morgan fingerprint density at radius 2 is 2.11 bits per heavy atom. The maximum Gasteiger partial charge on any atom is 0.331 e. The quantitative estimate of drug-likeness (QED) is 0.613. The normalized spacial score (nSPS) is 15.1. The molecule has 1 amide bonds. The van der Waals surface area contributed by atoms with Crippen molar-refractivity contribution in [1.82, 2.24) is 4.90 Å². The fourth-order valence-electron chi connectivity index (χ4n) is 1.93. The molecule has 2 heterocycles. The number of carbonyl (C=O) groups is 2. The lowest BCUT2D eigenvalue weighted by Gasteiger charge is -2.14. The van der Waals surface area contributed by atoms with Crippen molar-refractivity contribution >= 4 is 18.0 Å². The number of hydrogen-bond donors (Lipinski definition) is 0. The zero-order chi connectivity index (χ0) is 13.7. The van der Waals surface area contributed by atoms with E-state index in [0.29, 0.717) is 5.76 Å². The van der Waals surface area contributed by atoms with Crippen molar-refractivity contribution in [3.8, 4) is 0 Å². The minimum Gasteiger partial charge on any atom is -0.462 e. The van der Waals surface area contributed by atoms with Crippen LogP contribution in [0.4, 0.5) is 0 Å². The van der Waals surface area contributed by atoms with Gasteiger partial charge in [0.2, 0.25) is 0 Å². The molecule has 5 nitrogen and oxygen atoms in total. The summed E-state index contributed by atoms with van der Waals surface area (Å²) in [6, 6.07) is 3.57. The topological polar surface area (TPSA) is 59.8 Å². The molecular weight excluding hydrogens is 246 g/mol. The van der Waals surface area contributed by atoms with E-state index in [9.17, 15) is 9.59 Å². The molecule has 1 aromatic rings. The molecule has 1 aromatic heterocycles. The van der Waals surface area contributed by atoms with Crippen molar-refractivity contribution in [3.05, 3.63) is 29.7 Å². The van der Waals surface area contributed by atoms with E-state index < -0.39 is 5.97 Å². The fraction of sp³-hybridized carbons (Fsp3) is 0.429. The van der Waals surface area contributed by atoms with Crippen molar-refractivity contribution < 1.29 is 18.7 Å². The summed E-state index contributed by atoms with van der Waals surface area (Å²) >= 11 is 0. The van der Waals surface area contributed by atoms with Crippen molar-refractivity contribution in [2.24, 2.45) is 0 Å². The first-order valence-corrected chi connectivity index (χ1v) is 6.34. The summed E-state index contributed by atoms with van der Waals surface area (Å²) in [5, 5.41) is 0. The van der Waals surface area contributed by atoms with Gasteiger partial charge in [0.25, 0.3) is 5.91 Å². The van der Waals surface area contributed by atoms with Crippen LogP contribution in [-0.2, 0) is 14.3 Å². The van der Waals surface area contributed by atoms with E-state index in [0.717, 1.165) is 31.7 Å². The highest BCUT2D eigenvalue weighted by molar-refractivity contribution is 5.89. The molecule has 1 saturated heterocycles. The summed E-state index contributed by atoms with van der Waals surface area (Å²) in [5.41, 5.74) is 0. The molecule has 0 unspecified atom stereocenters. The molecular formula is C14H17NO4. The van der Waals surface area contributed by atoms with Gasteiger partial charge in [-0.2, -0.15) is 0 Å². The van der Waals surface area contributed by atoms with E-state index in [1.54, 1.807) is 11.0 Å². The molecule has 0 saturated carbocycles. The lowest BCUT2D eigenvalue weighted by atomic mass is 10.4. The molecule has 1 aliphatic rings. The van der Waals surface area contributed by atoms with Crippen molar-refractivity contribution in [1.29, 1.82) is 0 Å². The Kier molecular flexibility index (Phi) is 4.39. The van der Waals surface area contributed by atoms with Crippen LogP contribution in [0.1, 0.15) is 24.4 Å². The number of esters is 1. The summed E-state index contributed by atoms with van der Waals surface area (Å²) in [5.74, 6) is 0.687. The Hall–Kier alpha value is -2.04. The monoisotopic (exact) mass is 263 g/mol. The van der Waals surface area contributed by atoms with Gasteiger partial charge >= 0.3 is 5.97 Å². The Labute approximate surface area is 111 Å². The number of hydrogen-bond acceptors (Lipinski definition) is 4. The number of aryl methyl sites for hydroxylation is 1. The third kappa shape index (κ3) is 3.98. The predicted octanol–water partition coefficient (Wildman–Crippen LogP) is 1.77. The summed E-state index contributed by atoms with van der Waals surface area (Å²) < 4.78 is 10.2. The Bertz CT molecular complexity index is 483. The number of nitrogens with zero attached hydrogens (tertiary/aromatic N) is 1. The Morgan fingerprint density at radius 3 is 2.74 bits per heavy atom. The van der Waals surface area contributed by atoms with E-state index in [4.69, 9.17) is 9.15 Å². The van der Waals surface area contributed by atoms with Crippen molar-refractivity contribution in [2.75, 3.05) is 19.7 Å². The number of ether oxygens (including phenoxy) is 1.